The molecule has 6 nitrogen and oxygen atoms in total. The minimum atomic E-state index is -0.148. The Morgan fingerprint density at radius 2 is 2.19 bits per heavy atom. The summed E-state index contributed by atoms with van der Waals surface area (Å²) in [7, 11) is 1.40. The van der Waals surface area contributed by atoms with Crippen molar-refractivity contribution in [2.45, 2.75) is 32.8 Å². The van der Waals surface area contributed by atoms with Crippen LogP contribution in [0.15, 0.2) is 15.6 Å². The van der Waals surface area contributed by atoms with Gasteiger partial charge < -0.3 is 4.42 Å². The Kier molecular flexibility index (Phi) is 3.95. The number of hydrogen-bond donors (Lipinski definition) is 0. The van der Waals surface area contributed by atoms with E-state index in [2.05, 4.69) is 14.9 Å². The molecule has 0 aromatic carbocycles. The van der Waals surface area contributed by atoms with Crippen LogP contribution < -0.4 is 0 Å². The molecule has 0 radical (unpaired) electrons. The van der Waals surface area contributed by atoms with Crippen LogP contribution in [0.1, 0.15) is 32.3 Å². The molecule has 0 aliphatic rings. The maximum absolute atomic E-state index is 8.43. The van der Waals surface area contributed by atoms with Crippen LogP contribution in [0.4, 0.5) is 5.69 Å². The molecule has 88 valence electrons. The standard InChI is InChI=1S/C10H15N3O3/c1-10(2,3)9-5-7(12-13-11)8(16-9)6-15-14-4/h5H,6H2,1-4H3. The molecule has 0 aliphatic carbocycles. The Hall–Kier alpha value is -1.49. The molecule has 1 heterocycles. The first-order chi connectivity index (χ1) is 7.49. The van der Waals surface area contributed by atoms with Crippen LogP contribution in [0.5, 0.6) is 0 Å². The molecule has 0 bridgehead atoms. The Labute approximate surface area is 93.7 Å². The van der Waals surface area contributed by atoms with Gasteiger partial charge in [-0.2, -0.15) is 0 Å². The first-order valence-corrected chi connectivity index (χ1v) is 4.83. The number of furan rings is 1. The summed E-state index contributed by atoms with van der Waals surface area (Å²) in [5, 5.41) is 3.54. The van der Waals surface area contributed by atoms with Crippen molar-refractivity contribution in [1.82, 2.24) is 0 Å². The third-order valence-corrected chi connectivity index (χ3v) is 1.99. The molecule has 0 fully saturated rings. The van der Waals surface area contributed by atoms with Crippen molar-refractivity contribution in [3.05, 3.63) is 28.0 Å². The van der Waals surface area contributed by atoms with E-state index in [0.29, 0.717) is 11.4 Å². The average molecular weight is 225 g/mol. The van der Waals surface area contributed by atoms with E-state index >= 15 is 0 Å². The van der Waals surface area contributed by atoms with Gasteiger partial charge >= 0.3 is 0 Å². The minimum absolute atomic E-state index is 0.112. The van der Waals surface area contributed by atoms with Crippen LogP contribution in [0.25, 0.3) is 10.4 Å². The molecule has 0 spiro atoms. The van der Waals surface area contributed by atoms with Gasteiger partial charge in [-0.1, -0.05) is 25.9 Å². The van der Waals surface area contributed by atoms with E-state index in [0.717, 1.165) is 5.76 Å². The van der Waals surface area contributed by atoms with Gasteiger partial charge in [0, 0.05) is 10.3 Å². The molecule has 0 saturated heterocycles. The molecule has 0 amide bonds. The highest BCUT2D eigenvalue weighted by molar-refractivity contribution is 5.43. The van der Waals surface area contributed by atoms with Crippen LogP contribution in [0, 0.1) is 0 Å². The van der Waals surface area contributed by atoms with Gasteiger partial charge in [0.05, 0.1) is 12.8 Å². The molecule has 0 saturated carbocycles. The number of nitrogens with zero attached hydrogens (tertiary/aromatic N) is 3. The summed E-state index contributed by atoms with van der Waals surface area (Å²) < 4.78 is 5.56. The zero-order chi connectivity index (χ0) is 12.2. The predicted molar refractivity (Wildman–Crippen MR) is 58.0 cm³/mol. The van der Waals surface area contributed by atoms with Gasteiger partial charge in [-0.3, -0.25) is 0 Å². The normalized spacial score (nSPS) is 11.2. The van der Waals surface area contributed by atoms with Crippen LogP contribution in [-0.2, 0) is 21.8 Å². The maximum Gasteiger partial charge on any atom is 0.142 e. The van der Waals surface area contributed by atoms with E-state index in [9.17, 15) is 0 Å². The summed E-state index contributed by atoms with van der Waals surface area (Å²) in [6, 6.07) is 1.72. The summed E-state index contributed by atoms with van der Waals surface area (Å²) in [6.07, 6.45) is 0. The third kappa shape index (κ3) is 3.00. The summed E-state index contributed by atoms with van der Waals surface area (Å²) >= 11 is 0. The van der Waals surface area contributed by atoms with Gasteiger partial charge in [-0.25, -0.2) is 9.78 Å². The second-order valence-corrected chi connectivity index (χ2v) is 4.29. The molecule has 1 rings (SSSR count). The van der Waals surface area contributed by atoms with E-state index in [1.165, 1.54) is 7.11 Å². The van der Waals surface area contributed by atoms with E-state index in [1.54, 1.807) is 6.07 Å². The molecule has 0 unspecified atom stereocenters. The SMILES string of the molecule is COOCc1oc(C(C)(C)C)cc1N=[N+]=[N-]. The summed E-state index contributed by atoms with van der Waals surface area (Å²) in [5.74, 6) is 1.20. The quantitative estimate of drug-likeness (QED) is 0.258. The van der Waals surface area contributed by atoms with Crippen molar-refractivity contribution in [2.24, 2.45) is 5.11 Å². The number of azide groups is 1. The fourth-order valence-corrected chi connectivity index (χ4v) is 1.14. The van der Waals surface area contributed by atoms with E-state index in [1.807, 2.05) is 20.8 Å². The monoisotopic (exact) mass is 225 g/mol. The summed E-state index contributed by atoms with van der Waals surface area (Å²) in [5.41, 5.74) is 8.71. The molecular formula is C10H15N3O3. The highest BCUT2D eigenvalue weighted by Gasteiger charge is 2.21. The Bertz CT molecular complexity index is 400. The summed E-state index contributed by atoms with van der Waals surface area (Å²) in [6.45, 7) is 6.13. The van der Waals surface area contributed by atoms with Gasteiger partial charge in [-0.05, 0) is 11.6 Å². The van der Waals surface area contributed by atoms with Gasteiger partial charge in [0.25, 0.3) is 0 Å². The second-order valence-electron chi connectivity index (χ2n) is 4.29. The van der Waals surface area contributed by atoms with Crippen molar-refractivity contribution >= 4 is 5.69 Å². The number of hydrogen-bond acceptors (Lipinski definition) is 4. The van der Waals surface area contributed by atoms with Crippen LogP contribution in [0.2, 0.25) is 0 Å². The zero-order valence-electron chi connectivity index (χ0n) is 9.85. The maximum atomic E-state index is 8.43. The highest BCUT2D eigenvalue weighted by Crippen LogP contribution is 2.32. The lowest BCUT2D eigenvalue weighted by Crippen LogP contribution is -2.09. The van der Waals surface area contributed by atoms with Crippen molar-refractivity contribution in [1.29, 1.82) is 0 Å². The van der Waals surface area contributed by atoms with E-state index < -0.39 is 0 Å². The smallest absolute Gasteiger partial charge is 0.142 e. The zero-order valence-corrected chi connectivity index (χ0v) is 9.85. The molecule has 0 aliphatic heterocycles. The van der Waals surface area contributed by atoms with E-state index in [-0.39, 0.29) is 12.0 Å². The first-order valence-electron chi connectivity index (χ1n) is 4.83. The molecule has 0 N–H and O–H groups in total. The number of rotatable bonds is 4. The Balaban J connectivity index is 3.04. The topological polar surface area (TPSA) is 80.4 Å². The fourth-order valence-electron chi connectivity index (χ4n) is 1.14. The summed E-state index contributed by atoms with van der Waals surface area (Å²) in [4.78, 5) is 12.0. The minimum Gasteiger partial charge on any atom is -0.462 e. The largest absolute Gasteiger partial charge is 0.462 e. The van der Waals surface area contributed by atoms with Crippen LogP contribution in [-0.4, -0.2) is 7.11 Å². The van der Waals surface area contributed by atoms with Crippen LogP contribution >= 0.6 is 0 Å². The molecule has 1 aromatic heterocycles. The molecule has 6 heteroatoms. The fraction of sp³-hybridized carbons (Fsp3) is 0.600. The first kappa shape index (κ1) is 12.6. The van der Waals surface area contributed by atoms with Gasteiger partial charge in [-0.15, -0.1) is 0 Å². The highest BCUT2D eigenvalue weighted by atomic mass is 17.2. The Morgan fingerprint density at radius 1 is 1.50 bits per heavy atom. The van der Waals surface area contributed by atoms with Gasteiger partial charge in [0.15, 0.2) is 0 Å². The lowest BCUT2D eigenvalue weighted by atomic mass is 9.93. The van der Waals surface area contributed by atoms with Gasteiger partial charge in [0.2, 0.25) is 0 Å². The lowest BCUT2D eigenvalue weighted by Gasteiger charge is -2.13. The molecular weight excluding hydrogens is 210 g/mol. The second kappa shape index (κ2) is 5.03. The van der Waals surface area contributed by atoms with Gasteiger partial charge in [0.1, 0.15) is 18.1 Å². The molecule has 16 heavy (non-hydrogen) atoms. The average Bonchev–Trinajstić information content (AvgIpc) is 2.58. The van der Waals surface area contributed by atoms with Crippen molar-refractivity contribution in [3.8, 4) is 0 Å². The van der Waals surface area contributed by atoms with Crippen molar-refractivity contribution in [3.63, 3.8) is 0 Å². The predicted octanol–water partition coefficient (Wildman–Crippen LogP) is 3.60. The molecule has 0 atom stereocenters. The lowest BCUT2D eigenvalue weighted by molar-refractivity contribution is -0.284. The van der Waals surface area contributed by atoms with Crippen molar-refractivity contribution < 1.29 is 14.2 Å². The molecule has 1 aromatic rings. The van der Waals surface area contributed by atoms with E-state index in [4.69, 9.17) is 14.8 Å². The van der Waals surface area contributed by atoms with Crippen LogP contribution in [0.3, 0.4) is 0 Å². The van der Waals surface area contributed by atoms with Crippen molar-refractivity contribution in [2.75, 3.05) is 7.11 Å². The third-order valence-electron chi connectivity index (χ3n) is 1.99. The Morgan fingerprint density at radius 3 is 2.69 bits per heavy atom.